The Balaban J connectivity index is 1.06. The molecule has 46 heavy (non-hydrogen) atoms. The molecule has 1 amide bonds. The van der Waals surface area contributed by atoms with Gasteiger partial charge in [0.15, 0.2) is 12.0 Å². The van der Waals surface area contributed by atoms with Crippen molar-refractivity contribution in [2.24, 2.45) is 0 Å². The summed E-state index contributed by atoms with van der Waals surface area (Å²) < 4.78 is 26.3. The number of carbonyl (C=O) groups excluding carboxylic acids is 1. The number of aliphatic hydroxyl groups is 1. The molecule has 6 rings (SSSR count). The number of halogens is 1. The lowest BCUT2D eigenvalue weighted by Crippen LogP contribution is -2.51. The van der Waals surface area contributed by atoms with Gasteiger partial charge in [-0.3, -0.25) is 9.69 Å². The van der Waals surface area contributed by atoms with Crippen LogP contribution in [-0.2, 0) is 9.53 Å². The number of amides is 1. The molecule has 0 bridgehead atoms. The minimum Gasteiger partial charge on any atom is -0.486 e. The van der Waals surface area contributed by atoms with Crippen LogP contribution in [0, 0.1) is 11.3 Å². The van der Waals surface area contributed by atoms with Gasteiger partial charge in [-0.15, -0.1) is 0 Å². The van der Waals surface area contributed by atoms with Gasteiger partial charge >= 0.3 is 0 Å². The van der Waals surface area contributed by atoms with Gasteiger partial charge < -0.3 is 29.7 Å². The van der Waals surface area contributed by atoms with Crippen molar-refractivity contribution in [3.05, 3.63) is 54.4 Å². The Morgan fingerprint density at radius 3 is 2.54 bits per heavy atom. The molecule has 1 aromatic heterocycles. The largest absolute Gasteiger partial charge is 0.486 e. The van der Waals surface area contributed by atoms with Crippen LogP contribution in [0.15, 0.2) is 48.8 Å². The summed E-state index contributed by atoms with van der Waals surface area (Å²) >= 11 is 0. The summed E-state index contributed by atoms with van der Waals surface area (Å²) in [7, 11) is 0. The number of benzene rings is 2. The fraction of sp³-hybridized carbons (Fsp3) is 0.485. The highest BCUT2D eigenvalue weighted by Crippen LogP contribution is 2.29. The van der Waals surface area contributed by atoms with E-state index in [-0.39, 0.29) is 30.8 Å². The number of likely N-dealkylation sites (tertiary alicyclic amines) is 1. The molecule has 2 aromatic carbocycles. The van der Waals surface area contributed by atoms with Crippen LogP contribution >= 0.6 is 0 Å². The molecule has 3 saturated heterocycles. The Hall–Kier alpha value is -4.38. The summed E-state index contributed by atoms with van der Waals surface area (Å²) in [5.41, 5.74) is 2.81. The minimum atomic E-state index is -1.46. The van der Waals surface area contributed by atoms with Crippen LogP contribution in [0.25, 0.3) is 11.4 Å². The number of aliphatic hydroxyl groups excluding tert-OH is 1. The van der Waals surface area contributed by atoms with E-state index < -0.39 is 24.3 Å². The molecule has 3 aliphatic rings. The predicted molar refractivity (Wildman–Crippen MR) is 170 cm³/mol. The normalized spacial score (nSPS) is 21.8. The third kappa shape index (κ3) is 7.36. The standard InChI is InChI=1S/C33H39FN8O4/c1-22(43)32(44)42-11-8-30(28(34)20-42)46-29-7-2-23(18-24(29)19-35)31-36-21-37-33(39-31)38-25-3-5-26(6-4-25)40-12-14-41(15-13-40)27-9-16-45-17-10-27/h2-7,18,21-22,27-28,30,43H,8-17,20H2,1H3,(H,36,37,38,39)/t22?,28-,30+/m1/s1. The highest BCUT2D eigenvalue weighted by Gasteiger charge is 2.34. The summed E-state index contributed by atoms with van der Waals surface area (Å²) in [5.74, 6) is 0.460. The van der Waals surface area contributed by atoms with E-state index in [1.54, 1.807) is 18.2 Å². The zero-order chi connectivity index (χ0) is 32.0. The van der Waals surface area contributed by atoms with Crippen LogP contribution in [0.5, 0.6) is 5.75 Å². The molecule has 3 atom stereocenters. The number of hydrogen-bond donors (Lipinski definition) is 2. The Morgan fingerprint density at radius 1 is 1.09 bits per heavy atom. The number of rotatable bonds is 8. The topological polar surface area (TPSA) is 140 Å². The van der Waals surface area contributed by atoms with E-state index in [1.165, 1.54) is 23.8 Å². The van der Waals surface area contributed by atoms with E-state index in [1.807, 2.05) is 12.1 Å². The monoisotopic (exact) mass is 630 g/mol. The number of alkyl halides is 1. The SMILES string of the molecule is CC(O)C(=O)N1CC[C@H](Oc2ccc(-c3ncnc(Nc4ccc(N5CCN(C6CCOCC6)CC5)cc4)n3)cc2C#N)[C@H](F)C1. The second-order valence-electron chi connectivity index (χ2n) is 11.9. The van der Waals surface area contributed by atoms with Crippen molar-refractivity contribution in [2.75, 3.05) is 62.7 Å². The van der Waals surface area contributed by atoms with Crippen molar-refractivity contribution in [3.63, 3.8) is 0 Å². The van der Waals surface area contributed by atoms with Crippen LogP contribution in [0.3, 0.4) is 0 Å². The number of piperazine rings is 1. The number of nitriles is 1. The van der Waals surface area contributed by atoms with Crippen LogP contribution in [0.2, 0.25) is 0 Å². The average molecular weight is 631 g/mol. The fourth-order valence-corrected chi connectivity index (χ4v) is 6.28. The van der Waals surface area contributed by atoms with E-state index >= 15 is 0 Å². The first-order valence-corrected chi connectivity index (χ1v) is 15.8. The number of nitrogens with one attached hydrogen (secondary N) is 1. The summed E-state index contributed by atoms with van der Waals surface area (Å²) in [6, 6.07) is 15.9. The molecule has 0 aliphatic carbocycles. The number of hydrogen-bond acceptors (Lipinski definition) is 11. The first-order valence-electron chi connectivity index (χ1n) is 15.8. The lowest BCUT2D eigenvalue weighted by atomic mass is 10.0. The van der Waals surface area contributed by atoms with E-state index in [0.717, 1.165) is 57.9 Å². The molecule has 2 N–H and O–H groups in total. The molecule has 0 radical (unpaired) electrons. The Kier molecular flexibility index (Phi) is 9.87. The van der Waals surface area contributed by atoms with Crippen molar-refractivity contribution >= 4 is 23.2 Å². The number of carbonyl (C=O) groups is 1. The third-order valence-corrected chi connectivity index (χ3v) is 8.87. The predicted octanol–water partition coefficient (Wildman–Crippen LogP) is 3.15. The van der Waals surface area contributed by atoms with E-state index in [2.05, 4.69) is 48.3 Å². The van der Waals surface area contributed by atoms with Gasteiger partial charge in [-0.25, -0.2) is 14.4 Å². The Bertz CT molecular complexity index is 1540. The smallest absolute Gasteiger partial charge is 0.251 e. The fourth-order valence-electron chi connectivity index (χ4n) is 6.28. The second kappa shape index (κ2) is 14.4. The number of anilines is 3. The van der Waals surface area contributed by atoms with Crippen molar-refractivity contribution in [1.29, 1.82) is 5.26 Å². The highest BCUT2D eigenvalue weighted by molar-refractivity contribution is 5.80. The molecule has 0 saturated carbocycles. The van der Waals surface area contributed by atoms with Crippen molar-refractivity contribution in [3.8, 4) is 23.2 Å². The number of piperidine rings is 1. The van der Waals surface area contributed by atoms with Gasteiger partial charge in [0.05, 0.1) is 12.1 Å². The molecular formula is C33H39FN8O4. The maximum Gasteiger partial charge on any atom is 0.251 e. The molecule has 3 aliphatic heterocycles. The summed E-state index contributed by atoms with van der Waals surface area (Å²) in [6.45, 7) is 7.27. The third-order valence-electron chi connectivity index (χ3n) is 8.87. The zero-order valence-electron chi connectivity index (χ0n) is 25.9. The van der Waals surface area contributed by atoms with Gasteiger partial charge in [-0.1, -0.05) is 0 Å². The zero-order valence-corrected chi connectivity index (χ0v) is 25.9. The van der Waals surface area contributed by atoms with Crippen LogP contribution < -0.4 is 15.0 Å². The van der Waals surface area contributed by atoms with Gasteiger partial charge in [0.1, 0.15) is 30.4 Å². The quantitative estimate of drug-likeness (QED) is 0.379. The van der Waals surface area contributed by atoms with E-state index in [4.69, 9.17) is 9.47 Å². The van der Waals surface area contributed by atoms with E-state index in [9.17, 15) is 19.6 Å². The number of aromatic nitrogens is 3. The summed E-state index contributed by atoms with van der Waals surface area (Å²) in [5, 5.41) is 22.6. The lowest BCUT2D eigenvalue weighted by Gasteiger charge is -2.41. The van der Waals surface area contributed by atoms with Crippen molar-refractivity contribution in [2.45, 2.75) is 50.6 Å². The summed E-state index contributed by atoms with van der Waals surface area (Å²) in [4.78, 5) is 31.4. The molecular weight excluding hydrogens is 591 g/mol. The first kappa shape index (κ1) is 31.6. The Morgan fingerprint density at radius 2 is 1.85 bits per heavy atom. The van der Waals surface area contributed by atoms with Crippen LogP contribution in [0.4, 0.5) is 21.7 Å². The lowest BCUT2D eigenvalue weighted by molar-refractivity contribution is -0.143. The van der Waals surface area contributed by atoms with Crippen LogP contribution in [0.1, 0.15) is 31.7 Å². The maximum atomic E-state index is 14.9. The minimum absolute atomic E-state index is 0.175. The Labute approximate surface area is 267 Å². The van der Waals surface area contributed by atoms with Crippen LogP contribution in [-0.4, -0.2) is 113 Å². The van der Waals surface area contributed by atoms with Crippen molar-refractivity contribution < 1.29 is 23.8 Å². The molecule has 1 unspecified atom stereocenters. The van der Waals surface area contributed by atoms with Gasteiger partial charge in [0, 0.05) is 75.3 Å². The van der Waals surface area contributed by atoms with Gasteiger partial charge in [0.2, 0.25) is 5.95 Å². The highest BCUT2D eigenvalue weighted by atomic mass is 19.1. The molecule has 13 heteroatoms. The number of nitrogens with zero attached hydrogens (tertiary/aromatic N) is 7. The van der Waals surface area contributed by atoms with E-state index in [0.29, 0.717) is 23.4 Å². The maximum absolute atomic E-state index is 14.9. The average Bonchev–Trinajstić information content (AvgIpc) is 3.10. The molecule has 12 nitrogen and oxygen atoms in total. The molecule has 0 spiro atoms. The molecule has 4 heterocycles. The molecule has 3 aromatic rings. The second-order valence-corrected chi connectivity index (χ2v) is 11.9. The number of ether oxygens (including phenoxy) is 2. The molecule has 3 fully saturated rings. The van der Waals surface area contributed by atoms with Crippen molar-refractivity contribution in [1.82, 2.24) is 24.8 Å². The van der Waals surface area contributed by atoms with Gasteiger partial charge in [-0.2, -0.15) is 10.2 Å². The van der Waals surface area contributed by atoms with Gasteiger partial charge in [0.25, 0.3) is 5.91 Å². The molecule has 242 valence electrons. The summed E-state index contributed by atoms with van der Waals surface area (Å²) in [6.07, 6.45) is 0.422. The van der Waals surface area contributed by atoms with Gasteiger partial charge in [-0.05, 0) is 62.2 Å². The first-order chi connectivity index (χ1) is 22.4.